The fourth-order valence-electron chi connectivity index (χ4n) is 1.72. The molecule has 0 spiro atoms. The molecule has 0 aliphatic heterocycles. The van der Waals surface area contributed by atoms with E-state index in [1.165, 1.54) is 25.3 Å². The van der Waals surface area contributed by atoms with Gasteiger partial charge in [-0.3, -0.25) is 0 Å². The second-order valence-electron chi connectivity index (χ2n) is 4.13. The van der Waals surface area contributed by atoms with Crippen LogP contribution in [-0.2, 0) is 4.74 Å². The number of carbonyl (C=O) groups is 1. The van der Waals surface area contributed by atoms with Gasteiger partial charge in [-0.15, -0.1) is 0 Å². The molecule has 0 fully saturated rings. The lowest BCUT2D eigenvalue weighted by Gasteiger charge is -2.12. The summed E-state index contributed by atoms with van der Waals surface area (Å²) >= 11 is 5.85. The summed E-state index contributed by atoms with van der Waals surface area (Å²) in [6.45, 7) is 0. The topological polar surface area (TPSA) is 64.3 Å². The Morgan fingerprint density at radius 1 is 1.29 bits per heavy atom. The Bertz CT molecular complexity index is 687. The summed E-state index contributed by atoms with van der Waals surface area (Å²) in [5, 5.41) is 2.58. The van der Waals surface area contributed by atoms with Gasteiger partial charge < -0.3 is 15.8 Å². The van der Waals surface area contributed by atoms with Crippen molar-refractivity contribution in [3.8, 4) is 0 Å². The maximum absolute atomic E-state index is 13.9. The van der Waals surface area contributed by atoms with Crippen LogP contribution in [0, 0.1) is 11.6 Å². The largest absolute Gasteiger partial charge is 0.465 e. The Morgan fingerprint density at radius 2 is 2.00 bits per heavy atom. The van der Waals surface area contributed by atoms with Crippen LogP contribution in [-0.4, -0.2) is 13.1 Å². The lowest BCUT2D eigenvalue weighted by molar-refractivity contribution is 0.0602. The summed E-state index contributed by atoms with van der Waals surface area (Å²) in [5.74, 6) is -2.13. The normalized spacial score (nSPS) is 10.3. The number of benzene rings is 2. The minimum atomic E-state index is -0.750. The van der Waals surface area contributed by atoms with E-state index in [2.05, 4.69) is 10.1 Å². The molecule has 2 aromatic rings. The minimum Gasteiger partial charge on any atom is -0.465 e. The Balaban J connectivity index is 2.47. The first-order valence-electron chi connectivity index (χ1n) is 5.82. The highest BCUT2D eigenvalue weighted by Gasteiger charge is 2.16. The van der Waals surface area contributed by atoms with Gasteiger partial charge in [-0.05, 0) is 24.3 Å². The van der Waals surface area contributed by atoms with Crippen molar-refractivity contribution in [2.45, 2.75) is 0 Å². The molecule has 0 aromatic heterocycles. The first-order valence-corrected chi connectivity index (χ1v) is 6.20. The van der Waals surface area contributed by atoms with Crippen molar-refractivity contribution in [2.75, 3.05) is 18.2 Å². The van der Waals surface area contributed by atoms with Crippen molar-refractivity contribution in [3.63, 3.8) is 0 Å². The van der Waals surface area contributed by atoms with E-state index in [1.54, 1.807) is 0 Å². The molecule has 4 nitrogen and oxygen atoms in total. The molecule has 0 aliphatic carbocycles. The SMILES string of the molecule is COC(=O)c1cc(Nc2c(F)cccc2Cl)c(F)cc1N. The van der Waals surface area contributed by atoms with Gasteiger partial charge in [0.2, 0.25) is 0 Å². The van der Waals surface area contributed by atoms with E-state index in [-0.39, 0.29) is 27.6 Å². The Morgan fingerprint density at radius 3 is 2.62 bits per heavy atom. The Labute approximate surface area is 124 Å². The highest BCUT2D eigenvalue weighted by atomic mass is 35.5. The van der Waals surface area contributed by atoms with E-state index in [9.17, 15) is 13.6 Å². The van der Waals surface area contributed by atoms with Crippen molar-refractivity contribution in [1.82, 2.24) is 0 Å². The van der Waals surface area contributed by atoms with Crippen LogP contribution in [0.1, 0.15) is 10.4 Å². The number of hydrogen-bond donors (Lipinski definition) is 2. The van der Waals surface area contributed by atoms with Gasteiger partial charge in [-0.1, -0.05) is 17.7 Å². The molecule has 7 heteroatoms. The van der Waals surface area contributed by atoms with Gasteiger partial charge in [0.15, 0.2) is 0 Å². The Kier molecular flexibility index (Phi) is 4.28. The average Bonchev–Trinajstić information content (AvgIpc) is 2.44. The number of rotatable bonds is 3. The van der Waals surface area contributed by atoms with Gasteiger partial charge in [0.25, 0.3) is 0 Å². The lowest BCUT2D eigenvalue weighted by atomic mass is 10.1. The number of methoxy groups -OCH3 is 1. The van der Waals surface area contributed by atoms with E-state index in [1.807, 2.05) is 0 Å². The van der Waals surface area contributed by atoms with E-state index in [0.29, 0.717) is 0 Å². The first-order chi connectivity index (χ1) is 9.93. The van der Waals surface area contributed by atoms with Gasteiger partial charge in [0.1, 0.15) is 11.6 Å². The van der Waals surface area contributed by atoms with Crippen LogP contribution in [0.4, 0.5) is 25.8 Å². The second kappa shape index (κ2) is 5.97. The van der Waals surface area contributed by atoms with Gasteiger partial charge in [-0.25, -0.2) is 13.6 Å². The molecule has 0 amide bonds. The molecule has 0 saturated carbocycles. The zero-order valence-corrected chi connectivity index (χ0v) is 11.7. The summed E-state index contributed by atoms with van der Waals surface area (Å²) in [6, 6.07) is 6.12. The highest BCUT2D eigenvalue weighted by Crippen LogP contribution is 2.31. The smallest absolute Gasteiger partial charge is 0.340 e. The van der Waals surface area contributed by atoms with Crippen LogP contribution < -0.4 is 11.1 Å². The molecule has 0 aliphatic rings. The number of nitrogens with two attached hydrogens (primary N) is 1. The van der Waals surface area contributed by atoms with E-state index in [0.717, 1.165) is 12.1 Å². The maximum atomic E-state index is 13.9. The molecule has 0 radical (unpaired) electrons. The standard InChI is InChI=1S/C14H11ClF2N2O2/c1-21-14(20)7-5-12(10(17)6-11(7)18)19-13-8(15)3-2-4-9(13)16/h2-6,19H,18H2,1H3. The summed E-state index contributed by atoms with van der Waals surface area (Å²) in [5.41, 5.74) is 5.20. The summed E-state index contributed by atoms with van der Waals surface area (Å²) in [6.07, 6.45) is 0. The fourth-order valence-corrected chi connectivity index (χ4v) is 1.93. The summed E-state index contributed by atoms with van der Waals surface area (Å²) in [4.78, 5) is 11.5. The van der Waals surface area contributed by atoms with Gasteiger partial charge in [-0.2, -0.15) is 0 Å². The zero-order valence-electron chi connectivity index (χ0n) is 10.9. The molecule has 2 rings (SSSR count). The van der Waals surface area contributed by atoms with E-state index in [4.69, 9.17) is 17.3 Å². The van der Waals surface area contributed by atoms with Crippen molar-refractivity contribution >= 4 is 34.6 Å². The van der Waals surface area contributed by atoms with Gasteiger partial charge >= 0.3 is 5.97 Å². The van der Waals surface area contributed by atoms with Crippen molar-refractivity contribution in [2.24, 2.45) is 0 Å². The van der Waals surface area contributed by atoms with Crippen LogP contribution >= 0.6 is 11.6 Å². The third kappa shape index (κ3) is 3.05. The molecule has 2 aromatic carbocycles. The third-order valence-electron chi connectivity index (χ3n) is 2.77. The summed E-state index contributed by atoms with van der Waals surface area (Å²) in [7, 11) is 1.17. The predicted octanol–water partition coefficient (Wildman–Crippen LogP) is 3.73. The zero-order chi connectivity index (χ0) is 15.6. The lowest BCUT2D eigenvalue weighted by Crippen LogP contribution is -2.08. The number of para-hydroxylation sites is 1. The average molecular weight is 313 g/mol. The monoisotopic (exact) mass is 312 g/mol. The molecule has 21 heavy (non-hydrogen) atoms. The molecule has 0 saturated heterocycles. The number of anilines is 3. The van der Waals surface area contributed by atoms with Crippen LogP contribution in [0.3, 0.4) is 0 Å². The molecule has 3 N–H and O–H groups in total. The van der Waals surface area contributed by atoms with Crippen molar-refractivity contribution in [1.29, 1.82) is 0 Å². The molecule has 0 atom stereocenters. The molecule has 0 heterocycles. The number of nitrogen functional groups attached to an aromatic ring is 1. The minimum absolute atomic E-state index is 0.0335. The number of halogens is 3. The van der Waals surface area contributed by atoms with Crippen LogP contribution in [0.15, 0.2) is 30.3 Å². The first kappa shape index (κ1) is 15.1. The Hall–Kier alpha value is -2.34. The highest BCUT2D eigenvalue weighted by molar-refractivity contribution is 6.33. The quantitative estimate of drug-likeness (QED) is 0.669. The van der Waals surface area contributed by atoms with Crippen LogP contribution in [0.5, 0.6) is 0 Å². The number of carbonyl (C=O) groups excluding carboxylic acids is 1. The van der Waals surface area contributed by atoms with Crippen LogP contribution in [0.2, 0.25) is 5.02 Å². The molecular weight excluding hydrogens is 302 g/mol. The molecule has 0 bridgehead atoms. The number of esters is 1. The number of ether oxygens (including phenoxy) is 1. The second-order valence-corrected chi connectivity index (χ2v) is 4.54. The number of hydrogen-bond acceptors (Lipinski definition) is 4. The van der Waals surface area contributed by atoms with E-state index >= 15 is 0 Å². The maximum Gasteiger partial charge on any atom is 0.340 e. The van der Waals surface area contributed by atoms with Crippen molar-refractivity contribution in [3.05, 3.63) is 52.6 Å². The summed E-state index contributed by atoms with van der Waals surface area (Å²) < 4.78 is 32.1. The van der Waals surface area contributed by atoms with E-state index < -0.39 is 17.6 Å². The fraction of sp³-hybridized carbons (Fsp3) is 0.0714. The van der Waals surface area contributed by atoms with Crippen LogP contribution in [0.25, 0.3) is 0 Å². The van der Waals surface area contributed by atoms with Gasteiger partial charge in [0.05, 0.1) is 29.1 Å². The number of nitrogens with one attached hydrogen (secondary N) is 1. The molecular formula is C14H11ClF2N2O2. The molecule has 110 valence electrons. The van der Waals surface area contributed by atoms with Crippen molar-refractivity contribution < 1.29 is 18.3 Å². The molecule has 0 unspecified atom stereocenters. The predicted molar refractivity (Wildman–Crippen MR) is 76.8 cm³/mol. The van der Waals surface area contributed by atoms with Gasteiger partial charge in [0, 0.05) is 5.69 Å². The third-order valence-corrected chi connectivity index (χ3v) is 3.08.